The van der Waals surface area contributed by atoms with Crippen molar-refractivity contribution in [2.75, 3.05) is 56.9 Å². The lowest BCUT2D eigenvalue weighted by Gasteiger charge is -2.20. The Bertz CT molecular complexity index is 1450. The van der Waals surface area contributed by atoms with Crippen molar-refractivity contribution in [1.82, 2.24) is 0 Å². The molecule has 0 N–H and O–H groups in total. The van der Waals surface area contributed by atoms with Crippen molar-refractivity contribution in [3.63, 3.8) is 0 Å². The summed E-state index contributed by atoms with van der Waals surface area (Å²) in [6, 6.07) is 19.9. The van der Waals surface area contributed by atoms with Gasteiger partial charge in [0.1, 0.15) is 46.0 Å². The molecule has 4 aromatic carbocycles. The van der Waals surface area contributed by atoms with Crippen LogP contribution in [0.25, 0.3) is 11.1 Å². The van der Waals surface area contributed by atoms with Crippen molar-refractivity contribution in [3.05, 3.63) is 82.9 Å². The standard InChI is InChI=1S/C36H42O8/c1-37-27-15-13-23(31(19-27)39-3)9-11-25-17-29(35(43-7)21-33(25)41-5)30-18-26(34(42-6)22-36(30)44-8)12-10-24-14-16-28(38-2)20-32(24)40-4/h13-22H,9-12H2,1-8H3. The predicted molar refractivity (Wildman–Crippen MR) is 172 cm³/mol. The molecule has 8 nitrogen and oxygen atoms in total. The van der Waals surface area contributed by atoms with Crippen LogP contribution in [0, 0.1) is 0 Å². The third-order valence-corrected chi connectivity index (χ3v) is 7.81. The van der Waals surface area contributed by atoms with Gasteiger partial charge in [0.05, 0.1) is 56.9 Å². The van der Waals surface area contributed by atoms with Gasteiger partial charge in [0, 0.05) is 35.4 Å². The third kappa shape index (κ3) is 7.08. The Kier molecular flexibility index (Phi) is 11.1. The van der Waals surface area contributed by atoms with Crippen LogP contribution in [0.15, 0.2) is 60.7 Å². The molecule has 0 spiro atoms. The highest BCUT2D eigenvalue weighted by atomic mass is 16.5. The molecule has 0 aliphatic carbocycles. The fourth-order valence-corrected chi connectivity index (χ4v) is 5.40. The zero-order valence-corrected chi connectivity index (χ0v) is 26.9. The Hall–Kier alpha value is -4.72. The van der Waals surface area contributed by atoms with E-state index in [-0.39, 0.29) is 0 Å². The Balaban J connectivity index is 1.73. The molecular formula is C36H42O8. The van der Waals surface area contributed by atoms with E-state index in [0.717, 1.165) is 80.7 Å². The largest absolute Gasteiger partial charge is 0.497 e. The molecule has 0 bridgehead atoms. The molecule has 4 aromatic rings. The smallest absolute Gasteiger partial charge is 0.130 e. The van der Waals surface area contributed by atoms with Crippen LogP contribution in [0.5, 0.6) is 46.0 Å². The number of benzene rings is 4. The first-order chi connectivity index (χ1) is 21.4. The highest BCUT2D eigenvalue weighted by Crippen LogP contribution is 2.44. The molecule has 0 fully saturated rings. The number of ether oxygens (including phenoxy) is 8. The molecule has 0 heterocycles. The highest BCUT2D eigenvalue weighted by Gasteiger charge is 2.20. The lowest BCUT2D eigenvalue weighted by molar-refractivity contribution is 0.386. The number of hydrogen-bond donors (Lipinski definition) is 0. The first-order valence-corrected chi connectivity index (χ1v) is 14.3. The van der Waals surface area contributed by atoms with Crippen molar-refractivity contribution >= 4 is 0 Å². The lowest BCUT2D eigenvalue weighted by Crippen LogP contribution is -2.02. The van der Waals surface area contributed by atoms with Crippen LogP contribution in [0.3, 0.4) is 0 Å². The molecule has 4 rings (SSSR count). The first kappa shape index (κ1) is 32.2. The van der Waals surface area contributed by atoms with E-state index in [1.807, 2.05) is 48.5 Å². The van der Waals surface area contributed by atoms with Gasteiger partial charge in [0.15, 0.2) is 0 Å². The zero-order valence-electron chi connectivity index (χ0n) is 26.9. The molecule has 44 heavy (non-hydrogen) atoms. The number of rotatable bonds is 15. The van der Waals surface area contributed by atoms with Crippen LogP contribution in [-0.4, -0.2) is 56.9 Å². The maximum atomic E-state index is 5.87. The topological polar surface area (TPSA) is 73.8 Å². The quantitative estimate of drug-likeness (QED) is 0.144. The summed E-state index contributed by atoms with van der Waals surface area (Å²) in [6.07, 6.45) is 2.91. The van der Waals surface area contributed by atoms with Gasteiger partial charge in [-0.2, -0.15) is 0 Å². The average molecular weight is 603 g/mol. The summed E-state index contributed by atoms with van der Waals surface area (Å²) in [5, 5.41) is 0. The molecule has 0 unspecified atom stereocenters. The van der Waals surface area contributed by atoms with Crippen LogP contribution in [0.2, 0.25) is 0 Å². The minimum atomic E-state index is 0.680. The van der Waals surface area contributed by atoms with Crippen LogP contribution in [0.4, 0.5) is 0 Å². The fraction of sp³-hybridized carbons (Fsp3) is 0.333. The molecule has 234 valence electrons. The van der Waals surface area contributed by atoms with Gasteiger partial charge in [-0.15, -0.1) is 0 Å². The van der Waals surface area contributed by atoms with E-state index < -0.39 is 0 Å². The molecule has 0 aliphatic heterocycles. The second kappa shape index (κ2) is 15.1. The normalized spacial score (nSPS) is 10.6. The minimum absolute atomic E-state index is 0.680. The van der Waals surface area contributed by atoms with Gasteiger partial charge in [0.2, 0.25) is 0 Å². The van der Waals surface area contributed by atoms with Crippen molar-refractivity contribution in [3.8, 4) is 57.1 Å². The van der Waals surface area contributed by atoms with E-state index in [2.05, 4.69) is 12.1 Å². The summed E-state index contributed by atoms with van der Waals surface area (Å²) < 4.78 is 45.3. The van der Waals surface area contributed by atoms with E-state index in [1.54, 1.807) is 56.9 Å². The van der Waals surface area contributed by atoms with Crippen molar-refractivity contribution in [2.45, 2.75) is 25.7 Å². The van der Waals surface area contributed by atoms with Gasteiger partial charge in [-0.1, -0.05) is 12.1 Å². The van der Waals surface area contributed by atoms with Gasteiger partial charge in [-0.05, 0) is 72.2 Å². The van der Waals surface area contributed by atoms with Gasteiger partial charge < -0.3 is 37.9 Å². The van der Waals surface area contributed by atoms with Crippen LogP contribution in [-0.2, 0) is 25.7 Å². The van der Waals surface area contributed by atoms with Crippen molar-refractivity contribution in [2.24, 2.45) is 0 Å². The van der Waals surface area contributed by atoms with Gasteiger partial charge in [-0.25, -0.2) is 0 Å². The number of hydrogen-bond acceptors (Lipinski definition) is 8. The molecule has 0 radical (unpaired) electrons. The van der Waals surface area contributed by atoms with E-state index in [0.29, 0.717) is 24.3 Å². The van der Waals surface area contributed by atoms with E-state index in [9.17, 15) is 0 Å². The molecule has 0 atom stereocenters. The second-order valence-corrected chi connectivity index (χ2v) is 10.1. The predicted octanol–water partition coefficient (Wildman–Crippen LogP) is 6.99. The van der Waals surface area contributed by atoms with Crippen molar-refractivity contribution < 1.29 is 37.9 Å². The summed E-state index contributed by atoms with van der Waals surface area (Å²) in [6.45, 7) is 0. The average Bonchev–Trinajstić information content (AvgIpc) is 3.08. The minimum Gasteiger partial charge on any atom is -0.497 e. The van der Waals surface area contributed by atoms with Crippen LogP contribution in [0.1, 0.15) is 22.3 Å². The Morgan fingerprint density at radius 1 is 0.318 bits per heavy atom. The lowest BCUT2D eigenvalue weighted by atomic mass is 9.93. The highest BCUT2D eigenvalue weighted by molar-refractivity contribution is 5.79. The van der Waals surface area contributed by atoms with Gasteiger partial charge in [-0.3, -0.25) is 0 Å². The zero-order chi connectivity index (χ0) is 31.6. The first-order valence-electron chi connectivity index (χ1n) is 14.3. The molecule has 0 saturated carbocycles. The number of methoxy groups -OCH3 is 8. The monoisotopic (exact) mass is 602 g/mol. The van der Waals surface area contributed by atoms with Gasteiger partial charge >= 0.3 is 0 Å². The summed E-state index contributed by atoms with van der Waals surface area (Å²) in [7, 11) is 13.3. The second-order valence-electron chi connectivity index (χ2n) is 10.1. The summed E-state index contributed by atoms with van der Waals surface area (Å²) >= 11 is 0. The summed E-state index contributed by atoms with van der Waals surface area (Å²) in [5.41, 5.74) is 6.00. The van der Waals surface area contributed by atoms with Crippen LogP contribution >= 0.6 is 0 Å². The maximum Gasteiger partial charge on any atom is 0.130 e. The molecule has 0 aliphatic rings. The van der Waals surface area contributed by atoms with Crippen LogP contribution < -0.4 is 37.9 Å². The maximum absolute atomic E-state index is 5.87. The van der Waals surface area contributed by atoms with E-state index in [4.69, 9.17) is 37.9 Å². The molecule has 8 heteroatoms. The van der Waals surface area contributed by atoms with Crippen molar-refractivity contribution in [1.29, 1.82) is 0 Å². The Morgan fingerprint density at radius 3 is 0.955 bits per heavy atom. The summed E-state index contributed by atoms with van der Waals surface area (Å²) in [5.74, 6) is 5.93. The number of aryl methyl sites for hydroxylation is 4. The summed E-state index contributed by atoms with van der Waals surface area (Å²) in [4.78, 5) is 0. The fourth-order valence-electron chi connectivity index (χ4n) is 5.40. The SMILES string of the molecule is COc1ccc(CCc2cc(-c3cc(CCc4ccc(OC)cc4OC)c(OC)cc3OC)c(OC)cc2OC)c(OC)c1. The molecular weight excluding hydrogens is 560 g/mol. The Labute approximate surface area is 260 Å². The Morgan fingerprint density at radius 2 is 0.636 bits per heavy atom. The molecule has 0 saturated heterocycles. The van der Waals surface area contributed by atoms with Gasteiger partial charge in [0.25, 0.3) is 0 Å². The molecule has 0 aromatic heterocycles. The molecule has 0 amide bonds. The van der Waals surface area contributed by atoms with E-state index >= 15 is 0 Å². The third-order valence-electron chi connectivity index (χ3n) is 7.81. The van der Waals surface area contributed by atoms with E-state index in [1.165, 1.54) is 0 Å².